The molecule has 5 nitrogen and oxygen atoms in total. The molecule has 0 aliphatic carbocycles. The fourth-order valence-corrected chi connectivity index (χ4v) is 1.98. The summed E-state index contributed by atoms with van der Waals surface area (Å²) in [5.41, 5.74) is 0.929. The van der Waals surface area contributed by atoms with Gasteiger partial charge in [-0.3, -0.25) is 4.79 Å². The van der Waals surface area contributed by atoms with Crippen LogP contribution < -0.4 is 5.32 Å². The van der Waals surface area contributed by atoms with Crippen LogP contribution in [-0.4, -0.2) is 33.0 Å². The molecule has 0 saturated carbocycles. The SMILES string of the molecule is C#CCNC(=O)CSc1ncn(-c2ccccc2)n1. The number of para-hydroxylation sites is 1. The molecule has 2 rings (SSSR count). The fraction of sp³-hybridized carbons (Fsp3) is 0.154. The van der Waals surface area contributed by atoms with Crippen LogP contribution in [0.25, 0.3) is 5.69 Å². The van der Waals surface area contributed by atoms with Crippen molar-refractivity contribution in [3.8, 4) is 18.0 Å². The van der Waals surface area contributed by atoms with Gasteiger partial charge in [0.2, 0.25) is 11.1 Å². The van der Waals surface area contributed by atoms with E-state index in [-0.39, 0.29) is 18.2 Å². The minimum atomic E-state index is -0.126. The minimum Gasteiger partial charge on any atom is -0.344 e. The van der Waals surface area contributed by atoms with Crippen LogP contribution in [0.1, 0.15) is 0 Å². The van der Waals surface area contributed by atoms with Gasteiger partial charge in [-0.25, -0.2) is 9.67 Å². The molecule has 2 aromatic rings. The van der Waals surface area contributed by atoms with Gasteiger partial charge in [-0.2, -0.15) is 0 Å². The number of carbonyl (C=O) groups is 1. The first kappa shape index (κ1) is 13.2. The predicted molar refractivity (Wildman–Crippen MR) is 73.9 cm³/mol. The zero-order valence-corrected chi connectivity index (χ0v) is 10.9. The van der Waals surface area contributed by atoms with Crippen molar-refractivity contribution in [3.63, 3.8) is 0 Å². The Morgan fingerprint density at radius 1 is 1.42 bits per heavy atom. The normalized spacial score (nSPS) is 9.84. The van der Waals surface area contributed by atoms with Crippen molar-refractivity contribution in [2.24, 2.45) is 0 Å². The number of hydrogen-bond acceptors (Lipinski definition) is 4. The van der Waals surface area contributed by atoms with E-state index in [4.69, 9.17) is 6.42 Å². The van der Waals surface area contributed by atoms with Crippen LogP contribution in [0.2, 0.25) is 0 Å². The van der Waals surface area contributed by atoms with Crippen LogP contribution in [-0.2, 0) is 4.79 Å². The van der Waals surface area contributed by atoms with Gasteiger partial charge in [0.1, 0.15) is 6.33 Å². The summed E-state index contributed by atoms with van der Waals surface area (Å²) in [5.74, 6) is 2.47. The second-order valence-corrected chi connectivity index (χ2v) is 4.52. The van der Waals surface area contributed by atoms with Gasteiger partial charge in [0, 0.05) is 0 Å². The van der Waals surface area contributed by atoms with Gasteiger partial charge in [-0.15, -0.1) is 11.5 Å². The molecule has 19 heavy (non-hydrogen) atoms. The molecule has 0 unspecified atom stereocenters. The van der Waals surface area contributed by atoms with E-state index >= 15 is 0 Å². The van der Waals surface area contributed by atoms with Crippen molar-refractivity contribution < 1.29 is 4.79 Å². The van der Waals surface area contributed by atoms with E-state index < -0.39 is 0 Å². The summed E-state index contributed by atoms with van der Waals surface area (Å²) >= 11 is 1.27. The molecule has 1 amide bonds. The highest BCUT2D eigenvalue weighted by atomic mass is 32.2. The third-order valence-corrected chi connectivity index (χ3v) is 3.06. The van der Waals surface area contributed by atoms with Crippen molar-refractivity contribution in [2.75, 3.05) is 12.3 Å². The van der Waals surface area contributed by atoms with E-state index in [1.165, 1.54) is 11.8 Å². The van der Waals surface area contributed by atoms with Gasteiger partial charge < -0.3 is 5.32 Å². The first-order valence-electron chi connectivity index (χ1n) is 5.59. The molecule has 0 atom stereocenters. The monoisotopic (exact) mass is 272 g/mol. The van der Waals surface area contributed by atoms with Crippen molar-refractivity contribution in [1.82, 2.24) is 20.1 Å². The average Bonchev–Trinajstić information content (AvgIpc) is 2.93. The van der Waals surface area contributed by atoms with Gasteiger partial charge >= 0.3 is 0 Å². The number of aromatic nitrogens is 3. The summed E-state index contributed by atoms with van der Waals surface area (Å²) in [4.78, 5) is 15.5. The zero-order chi connectivity index (χ0) is 13.5. The Labute approximate surface area is 115 Å². The van der Waals surface area contributed by atoms with E-state index in [0.717, 1.165) is 5.69 Å². The Hall–Kier alpha value is -2.26. The molecule has 0 radical (unpaired) electrons. The van der Waals surface area contributed by atoms with Crippen LogP contribution in [0, 0.1) is 12.3 Å². The number of thioether (sulfide) groups is 1. The molecule has 0 bridgehead atoms. The highest BCUT2D eigenvalue weighted by Gasteiger charge is 2.06. The van der Waals surface area contributed by atoms with Gasteiger partial charge in [-0.05, 0) is 12.1 Å². The lowest BCUT2D eigenvalue weighted by Gasteiger charge is -1.99. The van der Waals surface area contributed by atoms with E-state index in [1.54, 1.807) is 11.0 Å². The van der Waals surface area contributed by atoms with Gasteiger partial charge in [0.15, 0.2) is 0 Å². The number of nitrogens with zero attached hydrogens (tertiary/aromatic N) is 3. The van der Waals surface area contributed by atoms with Crippen molar-refractivity contribution >= 4 is 17.7 Å². The number of hydrogen-bond donors (Lipinski definition) is 1. The average molecular weight is 272 g/mol. The van der Waals surface area contributed by atoms with Gasteiger partial charge in [-0.1, -0.05) is 35.9 Å². The molecule has 0 aliphatic heterocycles. The van der Waals surface area contributed by atoms with Crippen LogP contribution in [0.15, 0.2) is 41.8 Å². The quantitative estimate of drug-likeness (QED) is 0.654. The number of rotatable bonds is 5. The third-order valence-electron chi connectivity index (χ3n) is 2.21. The predicted octanol–water partition coefficient (Wildman–Crippen LogP) is 1.11. The zero-order valence-electron chi connectivity index (χ0n) is 10.1. The highest BCUT2D eigenvalue weighted by molar-refractivity contribution is 7.99. The molecular weight excluding hydrogens is 260 g/mol. The Morgan fingerprint density at radius 3 is 2.95 bits per heavy atom. The van der Waals surface area contributed by atoms with Crippen molar-refractivity contribution in [2.45, 2.75) is 5.16 Å². The lowest BCUT2D eigenvalue weighted by Crippen LogP contribution is -2.25. The molecule has 0 fully saturated rings. The first-order valence-corrected chi connectivity index (χ1v) is 6.58. The molecular formula is C13H12N4OS. The summed E-state index contributed by atoms with van der Waals surface area (Å²) in [6.07, 6.45) is 6.67. The molecule has 6 heteroatoms. The molecule has 1 aromatic heterocycles. The number of terminal acetylenes is 1. The largest absolute Gasteiger partial charge is 0.344 e. The summed E-state index contributed by atoms with van der Waals surface area (Å²) in [5, 5.41) is 7.42. The van der Waals surface area contributed by atoms with Gasteiger partial charge in [0.25, 0.3) is 0 Å². The molecule has 1 aromatic carbocycles. The Kier molecular flexibility index (Phi) is 4.59. The standard InChI is InChI=1S/C13H12N4OS/c1-2-8-14-12(18)9-19-13-15-10-17(16-13)11-6-4-3-5-7-11/h1,3-7,10H,8-9H2,(H,14,18). The second-order valence-electron chi connectivity index (χ2n) is 3.58. The number of benzene rings is 1. The minimum absolute atomic E-state index is 0.126. The maximum absolute atomic E-state index is 11.4. The molecule has 1 heterocycles. The fourth-order valence-electron chi connectivity index (χ4n) is 1.35. The number of carbonyl (C=O) groups excluding carboxylic acids is 1. The Balaban J connectivity index is 1.92. The van der Waals surface area contributed by atoms with Gasteiger partial charge in [0.05, 0.1) is 18.0 Å². The Bertz CT molecular complexity index is 588. The smallest absolute Gasteiger partial charge is 0.231 e. The number of nitrogens with one attached hydrogen (secondary N) is 1. The summed E-state index contributed by atoms with van der Waals surface area (Å²) in [6, 6.07) is 9.66. The highest BCUT2D eigenvalue weighted by Crippen LogP contribution is 2.13. The van der Waals surface area contributed by atoms with Crippen molar-refractivity contribution in [1.29, 1.82) is 0 Å². The summed E-state index contributed by atoms with van der Waals surface area (Å²) < 4.78 is 1.67. The summed E-state index contributed by atoms with van der Waals surface area (Å²) in [7, 11) is 0. The Morgan fingerprint density at radius 2 is 2.21 bits per heavy atom. The molecule has 1 N–H and O–H groups in total. The first-order chi connectivity index (χ1) is 9.29. The van der Waals surface area contributed by atoms with E-state index in [0.29, 0.717) is 5.16 Å². The lowest BCUT2D eigenvalue weighted by molar-refractivity contribution is -0.118. The topological polar surface area (TPSA) is 59.8 Å². The van der Waals surface area contributed by atoms with Crippen LogP contribution in [0.5, 0.6) is 0 Å². The van der Waals surface area contributed by atoms with E-state index in [2.05, 4.69) is 21.3 Å². The van der Waals surface area contributed by atoms with E-state index in [1.807, 2.05) is 30.3 Å². The molecule has 0 saturated heterocycles. The summed E-state index contributed by atoms with van der Waals surface area (Å²) in [6.45, 7) is 0.241. The van der Waals surface area contributed by atoms with Crippen molar-refractivity contribution in [3.05, 3.63) is 36.7 Å². The molecule has 0 spiro atoms. The number of amides is 1. The van der Waals surface area contributed by atoms with Crippen LogP contribution in [0.3, 0.4) is 0 Å². The maximum Gasteiger partial charge on any atom is 0.231 e. The second kappa shape index (κ2) is 6.61. The maximum atomic E-state index is 11.4. The third kappa shape index (κ3) is 3.86. The lowest BCUT2D eigenvalue weighted by atomic mass is 10.3. The molecule has 96 valence electrons. The van der Waals surface area contributed by atoms with E-state index in [9.17, 15) is 4.79 Å². The van der Waals surface area contributed by atoms with Crippen LogP contribution in [0.4, 0.5) is 0 Å². The molecule has 0 aliphatic rings. The van der Waals surface area contributed by atoms with Crippen LogP contribution >= 0.6 is 11.8 Å².